The maximum Gasteiger partial charge on any atom is 0.319 e. The van der Waals surface area contributed by atoms with Crippen LogP contribution in [0.25, 0.3) is 0 Å². The van der Waals surface area contributed by atoms with E-state index in [9.17, 15) is 14.7 Å². The van der Waals surface area contributed by atoms with Gasteiger partial charge in [-0.2, -0.15) is 0 Å². The third kappa shape index (κ3) is 6.19. The second-order valence-corrected chi connectivity index (χ2v) is 11.9. The Labute approximate surface area is 211 Å². The number of primary amides is 1. The van der Waals surface area contributed by atoms with Crippen LogP contribution in [-0.4, -0.2) is 59.1 Å². The molecule has 2 aliphatic heterocycles. The Morgan fingerprint density at radius 1 is 0.943 bits per heavy atom. The third-order valence-corrected chi connectivity index (χ3v) is 9.12. The quantitative estimate of drug-likeness (QED) is 0.635. The fraction of sp³-hybridized carbons (Fsp3) is 0.724. The lowest BCUT2D eigenvalue weighted by atomic mass is 9.58. The molecule has 35 heavy (non-hydrogen) atoms. The van der Waals surface area contributed by atoms with Gasteiger partial charge in [0.1, 0.15) is 0 Å². The fourth-order valence-electron chi connectivity index (χ4n) is 7.08. The van der Waals surface area contributed by atoms with Crippen LogP contribution in [-0.2, 0) is 4.79 Å². The summed E-state index contributed by atoms with van der Waals surface area (Å²) in [7, 11) is 0. The molecule has 6 heteroatoms. The number of carbonyl (C=O) groups excluding carboxylic acids is 2. The highest BCUT2D eigenvalue weighted by atomic mass is 16.3. The van der Waals surface area contributed by atoms with Gasteiger partial charge in [0.2, 0.25) is 5.91 Å². The number of amides is 3. The van der Waals surface area contributed by atoms with Crippen LogP contribution in [0.1, 0.15) is 83.1 Å². The molecule has 4 aliphatic rings. The van der Waals surface area contributed by atoms with Crippen molar-refractivity contribution in [3.8, 4) is 0 Å². The van der Waals surface area contributed by atoms with E-state index in [2.05, 4.69) is 42.2 Å². The smallest absolute Gasteiger partial charge is 0.319 e. The summed E-state index contributed by atoms with van der Waals surface area (Å²) in [5.41, 5.74) is 6.51. The zero-order valence-corrected chi connectivity index (χ0v) is 21.7. The van der Waals surface area contributed by atoms with Gasteiger partial charge in [-0.3, -0.25) is 4.79 Å². The number of rotatable bonds is 2. The van der Waals surface area contributed by atoms with Gasteiger partial charge in [-0.1, -0.05) is 44.2 Å². The maximum atomic E-state index is 12.4. The normalized spacial score (nSPS) is 33.5. The van der Waals surface area contributed by atoms with Crippen LogP contribution < -0.4 is 5.73 Å². The van der Waals surface area contributed by atoms with Crippen LogP contribution in [0, 0.1) is 23.2 Å². The van der Waals surface area contributed by atoms with Gasteiger partial charge in [-0.15, -0.1) is 0 Å². The molecule has 5 rings (SSSR count). The highest BCUT2D eigenvalue weighted by Gasteiger charge is 2.47. The lowest BCUT2D eigenvalue weighted by Gasteiger charge is -2.48. The summed E-state index contributed by atoms with van der Waals surface area (Å²) in [4.78, 5) is 28.0. The van der Waals surface area contributed by atoms with Crippen LogP contribution in [0.4, 0.5) is 4.79 Å². The Kier molecular flexibility index (Phi) is 8.41. The van der Waals surface area contributed by atoms with E-state index in [-0.39, 0.29) is 29.4 Å². The van der Waals surface area contributed by atoms with Gasteiger partial charge in [0.15, 0.2) is 0 Å². The fourth-order valence-corrected chi connectivity index (χ4v) is 7.08. The van der Waals surface area contributed by atoms with Gasteiger partial charge in [-0.25, -0.2) is 4.79 Å². The Morgan fingerprint density at radius 2 is 1.57 bits per heavy atom. The largest absolute Gasteiger partial charge is 0.393 e. The number of hydrogen-bond acceptors (Lipinski definition) is 3. The SMILES string of the molecule is CC1CC2CC(CC(C)(C(N)=O)C2)C1O.O=C(N1CCCCC1)N1CCC(c2ccccc2)CC1. The summed E-state index contributed by atoms with van der Waals surface area (Å²) >= 11 is 0. The molecule has 2 saturated heterocycles. The number of aliphatic hydroxyl groups excluding tert-OH is 1. The maximum absolute atomic E-state index is 12.4. The van der Waals surface area contributed by atoms with Gasteiger partial charge in [0.25, 0.3) is 0 Å². The Morgan fingerprint density at radius 3 is 2.20 bits per heavy atom. The Hall–Kier alpha value is -2.08. The summed E-state index contributed by atoms with van der Waals surface area (Å²) < 4.78 is 0. The second-order valence-electron chi connectivity index (χ2n) is 11.9. The first-order valence-electron chi connectivity index (χ1n) is 13.8. The van der Waals surface area contributed by atoms with Gasteiger partial charge in [0, 0.05) is 31.6 Å². The highest BCUT2D eigenvalue weighted by Crippen LogP contribution is 2.50. The van der Waals surface area contributed by atoms with E-state index < -0.39 is 0 Å². The van der Waals surface area contributed by atoms with Gasteiger partial charge < -0.3 is 20.6 Å². The number of fused-ring (bicyclic) bond motifs is 2. The molecular formula is C29H45N3O3. The predicted octanol–water partition coefficient (Wildman–Crippen LogP) is 4.77. The van der Waals surface area contributed by atoms with Crippen molar-refractivity contribution in [2.75, 3.05) is 26.2 Å². The molecule has 0 aromatic heterocycles. The van der Waals surface area contributed by atoms with E-state index in [4.69, 9.17) is 5.73 Å². The molecule has 5 atom stereocenters. The van der Waals surface area contributed by atoms with Gasteiger partial charge in [-0.05, 0) is 87.0 Å². The van der Waals surface area contributed by atoms with Crippen molar-refractivity contribution in [2.24, 2.45) is 28.9 Å². The Bertz CT molecular complexity index is 846. The number of carbonyl (C=O) groups is 2. The van der Waals surface area contributed by atoms with Crippen LogP contribution in [0.2, 0.25) is 0 Å². The number of urea groups is 1. The zero-order chi connectivity index (χ0) is 25.0. The van der Waals surface area contributed by atoms with Crippen molar-refractivity contribution in [1.82, 2.24) is 9.80 Å². The topological polar surface area (TPSA) is 86.9 Å². The highest BCUT2D eigenvalue weighted by molar-refractivity contribution is 5.80. The third-order valence-electron chi connectivity index (χ3n) is 9.12. The number of hydrogen-bond donors (Lipinski definition) is 2. The standard InChI is InChI=1S/C17H24N2O.C12H21NO2/c20-17(18-11-5-2-6-12-18)19-13-9-16(10-14-19)15-7-3-1-4-8-15;1-7-3-8-4-9(10(7)14)6-12(2,5-8)11(13)15/h1,3-4,7-8,16H,2,5-6,9-14H2;7-10,14H,3-6H2,1-2H3,(H2,13,15). The van der Waals surface area contributed by atoms with Crippen LogP contribution in [0.3, 0.4) is 0 Å². The van der Waals surface area contributed by atoms with Crippen molar-refractivity contribution < 1.29 is 14.7 Å². The molecule has 6 nitrogen and oxygen atoms in total. The number of aliphatic hydroxyl groups is 1. The summed E-state index contributed by atoms with van der Waals surface area (Å²) in [5.74, 6) is 1.68. The van der Waals surface area contributed by atoms with Crippen molar-refractivity contribution in [2.45, 2.75) is 83.7 Å². The molecule has 1 aromatic carbocycles. The molecule has 4 fully saturated rings. The molecule has 2 bridgehead atoms. The second kappa shape index (κ2) is 11.3. The lowest BCUT2D eigenvalue weighted by molar-refractivity contribution is -0.135. The van der Waals surface area contributed by atoms with Crippen molar-refractivity contribution in [3.05, 3.63) is 35.9 Å². The van der Waals surface area contributed by atoms with E-state index >= 15 is 0 Å². The number of benzene rings is 1. The minimum atomic E-state index is -0.380. The first-order chi connectivity index (χ1) is 16.8. The molecule has 5 unspecified atom stereocenters. The minimum Gasteiger partial charge on any atom is -0.393 e. The lowest BCUT2D eigenvalue weighted by Crippen LogP contribution is -2.48. The number of nitrogens with zero attached hydrogens (tertiary/aromatic N) is 2. The van der Waals surface area contributed by atoms with Crippen LogP contribution >= 0.6 is 0 Å². The van der Waals surface area contributed by atoms with Crippen LogP contribution in [0.5, 0.6) is 0 Å². The first kappa shape index (κ1) is 26.0. The molecule has 3 N–H and O–H groups in total. The first-order valence-corrected chi connectivity index (χ1v) is 13.8. The predicted molar refractivity (Wildman–Crippen MR) is 139 cm³/mol. The van der Waals surface area contributed by atoms with Gasteiger partial charge in [0.05, 0.1) is 6.10 Å². The Balaban J connectivity index is 0.000000172. The van der Waals surface area contributed by atoms with Crippen molar-refractivity contribution >= 4 is 11.9 Å². The molecule has 3 amide bonds. The molecule has 194 valence electrons. The van der Waals surface area contributed by atoms with E-state index in [1.807, 2.05) is 11.8 Å². The molecule has 1 aromatic rings. The van der Waals surface area contributed by atoms with E-state index in [0.717, 1.165) is 64.7 Å². The summed E-state index contributed by atoms with van der Waals surface area (Å²) in [6.07, 6.45) is 9.39. The monoisotopic (exact) mass is 483 g/mol. The van der Waals surface area contributed by atoms with Gasteiger partial charge >= 0.3 is 6.03 Å². The zero-order valence-electron chi connectivity index (χ0n) is 21.7. The summed E-state index contributed by atoms with van der Waals surface area (Å²) in [5, 5.41) is 10.1. The van der Waals surface area contributed by atoms with E-state index in [1.165, 1.54) is 24.8 Å². The number of piperidine rings is 2. The summed E-state index contributed by atoms with van der Waals surface area (Å²) in [6, 6.07) is 11.0. The molecular weight excluding hydrogens is 438 g/mol. The minimum absolute atomic E-state index is 0.195. The van der Waals surface area contributed by atoms with Crippen molar-refractivity contribution in [3.63, 3.8) is 0 Å². The molecule has 2 aliphatic carbocycles. The molecule has 0 radical (unpaired) electrons. The van der Waals surface area contributed by atoms with Crippen LogP contribution in [0.15, 0.2) is 30.3 Å². The van der Waals surface area contributed by atoms with E-state index in [0.29, 0.717) is 17.8 Å². The number of nitrogens with two attached hydrogens (primary N) is 1. The van der Waals surface area contributed by atoms with Crippen molar-refractivity contribution in [1.29, 1.82) is 0 Å². The summed E-state index contributed by atoms with van der Waals surface area (Å²) in [6.45, 7) is 7.80. The molecule has 0 spiro atoms. The number of likely N-dealkylation sites (tertiary alicyclic amines) is 2. The molecule has 2 saturated carbocycles. The average Bonchev–Trinajstić information content (AvgIpc) is 2.88. The van der Waals surface area contributed by atoms with E-state index in [1.54, 1.807) is 0 Å². The molecule has 2 heterocycles. The average molecular weight is 484 g/mol.